The molecule has 1 aromatic heterocycles. The fourth-order valence-corrected chi connectivity index (χ4v) is 4.16. The summed E-state index contributed by atoms with van der Waals surface area (Å²) in [6, 6.07) is 7.61. The molecule has 1 aliphatic rings. The average molecular weight is 382 g/mol. The van der Waals surface area contributed by atoms with Crippen LogP contribution in [0.1, 0.15) is 10.7 Å². The normalized spacial score (nSPS) is 15.7. The lowest BCUT2D eigenvalue weighted by Crippen LogP contribution is -2.48. The Balaban J connectivity index is 1.42. The Bertz CT molecular complexity index is 681. The fourth-order valence-electron chi connectivity index (χ4n) is 2.63. The molecule has 1 fully saturated rings. The molecular weight excluding hydrogens is 362 g/mol. The Hall–Kier alpha value is -1.08. The highest BCUT2D eigenvalue weighted by Gasteiger charge is 2.21. The quantitative estimate of drug-likeness (QED) is 0.742. The van der Waals surface area contributed by atoms with Crippen LogP contribution >= 0.6 is 34.7 Å². The standard InChI is InChI=1S/C17H20ClN3OS2/c1-13-19-15(11-23-13)10-20-6-8-21(9-7-20)17(22)12-24-16-4-2-14(18)3-5-16/h2-5,11H,6-10,12H2,1H3. The summed E-state index contributed by atoms with van der Waals surface area (Å²) >= 11 is 9.13. The lowest BCUT2D eigenvalue weighted by Gasteiger charge is -2.34. The van der Waals surface area contributed by atoms with Gasteiger partial charge in [0.25, 0.3) is 0 Å². The minimum absolute atomic E-state index is 0.208. The predicted molar refractivity (Wildman–Crippen MR) is 101 cm³/mol. The molecule has 1 aliphatic heterocycles. The Morgan fingerprint density at radius 1 is 1.25 bits per heavy atom. The van der Waals surface area contributed by atoms with Crippen molar-refractivity contribution in [1.29, 1.82) is 0 Å². The van der Waals surface area contributed by atoms with Crippen molar-refractivity contribution in [1.82, 2.24) is 14.8 Å². The van der Waals surface area contributed by atoms with E-state index in [1.807, 2.05) is 36.1 Å². The van der Waals surface area contributed by atoms with Crippen molar-refractivity contribution in [3.63, 3.8) is 0 Å². The first-order valence-electron chi connectivity index (χ1n) is 7.89. The maximum atomic E-state index is 12.4. The first-order valence-corrected chi connectivity index (χ1v) is 10.1. The van der Waals surface area contributed by atoms with Crippen molar-refractivity contribution in [3.05, 3.63) is 45.4 Å². The van der Waals surface area contributed by atoms with E-state index in [4.69, 9.17) is 11.6 Å². The molecule has 3 rings (SSSR count). The molecule has 2 heterocycles. The van der Waals surface area contributed by atoms with Crippen molar-refractivity contribution in [2.24, 2.45) is 0 Å². The van der Waals surface area contributed by atoms with Crippen LogP contribution in [0.15, 0.2) is 34.5 Å². The summed E-state index contributed by atoms with van der Waals surface area (Å²) in [5.41, 5.74) is 1.13. The van der Waals surface area contributed by atoms with Crippen LogP contribution in [-0.2, 0) is 11.3 Å². The van der Waals surface area contributed by atoms with Gasteiger partial charge in [-0.15, -0.1) is 23.1 Å². The fraction of sp³-hybridized carbons (Fsp3) is 0.412. The summed E-state index contributed by atoms with van der Waals surface area (Å²) in [6.07, 6.45) is 0. The number of aryl methyl sites for hydroxylation is 1. The van der Waals surface area contributed by atoms with E-state index in [9.17, 15) is 4.79 Å². The molecule has 0 unspecified atom stereocenters. The smallest absolute Gasteiger partial charge is 0.233 e. The van der Waals surface area contributed by atoms with Crippen molar-refractivity contribution >= 4 is 40.6 Å². The molecule has 0 spiro atoms. The van der Waals surface area contributed by atoms with Gasteiger partial charge in [-0.1, -0.05) is 11.6 Å². The third-order valence-electron chi connectivity index (χ3n) is 3.95. The van der Waals surface area contributed by atoms with Gasteiger partial charge in [-0.3, -0.25) is 9.69 Å². The monoisotopic (exact) mass is 381 g/mol. The highest BCUT2D eigenvalue weighted by Crippen LogP contribution is 2.21. The van der Waals surface area contributed by atoms with Crippen molar-refractivity contribution in [2.75, 3.05) is 31.9 Å². The minimum atomic E-state index is 0.208. The molecule has 0 bridgehead atoms. The van der Waals surface area contributed by atoms with Crippen molar-refractivity contribution in [3.8, 4) is 0 Å². The number of rotatable bonds is 5. The molecule has 1 aromatic carbocycles. The van der Waals surface area contributed by atoms with E-state index in [2.05, 4.69) is 15.3 Å². The van der Waals surface area contributed by atoms with Crippen LogP contribution in [0, 0.1) is 6.92 Å². The maximum Gasteiger partial charge on any atom is 0.233 e. The maximum absolute atomic E-state index is 12.4. The number of carbonyl (C=O) groups is 1. The number of hydrogen-bond acceptors (Lipinski definition) is 5. The molecule has 128 valence electrons. The van der Waals surface area contributed by atoms with Gasteiger partial charge in [0.2, 0.25) is 5.91 Å². The third kappa shape index (κ3) is 4.96. The van der Waals surface area contributed by atoms with Gasteiger partial charge in [-0.2, -0.15) is 0 Å². The van der Waals surface area contributed by atoms with Crippen LogP contribution < -0.4 is 0 Å². The number of piperazine rings is 1. The molecule has 4 nitrogen and oxygen atoms in total. The molecule has 0 radical (unpaired) electrons. The Morgan fingerprint density at radius 2 is 1.96 bits per heavy atom. The zero-order valence-corrected chi connectivity index (χ0v) is 16.0. The number of amides is 1. The number of benzene rings is 1. The van der Waals surface area contributed by atoms with Crippen LogP contribution in [0.3, 0.4) is 0 Å². The molecule has 2 aromatic rings. The minimum Gasteiger partial charge on any atom is -0.339 e. The highest BCUT2D eigenvalue weighted by atomic mass is 35.5. The van der Waals surface area contributed by atoms with E-state index in [1.165, 1.54) is 0 Å². The van der Waals surface area contributed by atoms with Crippen molar-refractivity contribution < 1.29 is 4.79 Å². The van der Waals surface area contributed by atoms with Gasteiger partial charge in [0.1, 0.15) is 0 Å². The van der Waals surface area contributed by atoms with Gasteiger partial charge >= 0.3 is 0 Å². The summed E-state index contributed by atoms with van der Waals surface area (Å²) in [7, 11) is 0. The van der Waals surface area contributed by atoms with Crippen LogP contribution in [0.5, 0.6) is 0 Å². The first kappa shape index (κ1) is 17.7. The van der Waals surface area contributed by atoms with Gasteiger partial charge in [-0.25, -0.2) is 4.98 Å². The number of thioether (sulfide) groups is 1. The van der Waals surface area contributed by atoms with E-state index in [0.29, 0.717) is 5.75 Å². The molecule has 1 amide bonds. The van der Waals surface area contributed by atoms with E-state index in [-0.39, 0.29) is 5.91 Å². The second kappa shape index (κ2) is 8.34. The van der Waals surface area contributed by atoms with Gasteiger partial charge in [0, 0.05) is 48.0 Å². The lowest BCUT2D eigenvalue weighted by molar-refractivity contribution is -0.130. The summed E-state index contributed by atoms with van der Waals surface area (Å²) in [5, 5.41) is 3.95. The van der Waals surface area contributed by atoms with Gasteiger partial charge in [-0.05, 0) is 31.2 Å². The largest absolute Gasteiger partial charge is 0.339 e. The molecule has 1 saturated heterocycles. The van der Waals surface area contributed by atoms with E-state index >= 15 is 0 Å². The van der Waals surface area contributed by atoms with Crippen LogP contribution in [-0.4, -0.2) is 52.6 Å². The number of carbonyl (C=O) groups excluding carboxylic acids is 1. The topological polar surface area (TPSA) is 36.4 Å². The number of halogens is 1. The molecule has 24 heavy (non-hydrogen) atoms. The summed E-state index contributed by atoms with van der Waals surface area (Å²) in [6.45, 7) is 6.32. The number of hydrogen-bond donors (Lipinski definition) is 0. The third-order valence-corrected chi connectivity index (χ3v) is 6.02. The number of thiazole rings is 1. The van der Waals surface area contributed by atoms with E-state index in [1.54, 1.807) is 23.1 Å². The van der Waals surface area contributed by atoms with Gasteiger partial charge in [0.05, 0.1) is 16.5 Å². The molecule has 0 N–H and O–H groups in total. The summed E-state index contributed by atoms with van der Waals surface area (Å²) < 4.78 is 0. The zero-order chi connectivity index (χ0) is 16.9. The number of nitrogens with zero attached hydrogens (tertiary/aromatic N) is 3. The summed E-state index contributed by atoms with van der Waals surface area (Å²) in [5.74, 6) is 0.687. The molecule has 7 heteroatoms. The predicted octanol–water partition coefficient (Wildman–Crippen LogP) is 3.54. The van der Waals surface area contributed by atoms with E-state index < -0.39 is 0 Å². The van der Waals surface area contributed by atoms with Crippen LogP contribution in [0.25, 0.3) is 0 Å². The van der Waals surface area contributed by atoms with Crippen molar-refractivity contribution in [2.45, 2.75) is 18.4 Å². The number of aromatic nitrogens is 1. The zero-order valence-electron chi connectivity index (χ0n) is 13.6. The van der Waals surface area contributed by atoms with Gasteiger partial charge < -0.3 is 4.90 Å². The molecule has 0 atom stereocenters. The SMILES string of the molecule is Cc1nc(CN2CCN(C(=O)CSc3ccc(Cl)cc3)CC2)cs1. The molecule has 0 saturated carbocycles. The second-order valence-electron chi connectivity index (χ2n) is 5.76. The summed E-state index contributed by atoms with van der Waals surface area (Å²) in [4.78, 5) is 22.3. The Labute approximate surface area is 155 Å². The first-order chi connectivity index (χ1) is 11.6. The Morgan fingerprint density at radius 3 is 2.58 bits per heavy atom. The average Bonchev–Trinajstić information content (AvgIpc) is 2.99. The molecule has 0 aliphatic carbocycles. The van der Waals surface area contributed by atoms with Gasteiger partial charge in [0.15, 0.2) is 0 Å². The van der Waals surface area contributed by atoms with Crippen LogP contribution in [0.2, 0.25) is 5.02 Å². The molecular formula is C17H20ClN3OS2. The second-order valence-corrected chi connectivity index (χ2v) is 8.30. The van der Waals surface area contributed by atoms with E-state index in [0.717, 1.165) is 53.3 Å². The van der Waals surface area contributed by atoms with Crippen LogP contribution in [0.4, 0.5) is 0 Å². The Kier molecular flexibility index (Phi) is 6.16. The lowest BCUT2D eigenvalue weighted by atomic mass is 10.3. The highest BCUT2D eigenvalue weighted by molar-refractivity contribution is 8.00.